The number of carbonyl (C=O) groups excluding carboxylic acids is 1. The minimum absolute atomic E-state index is 0.104. The van der Waals surface area contributed by atoms with Crippen LogP contribution in [-0.2, 0) is 11.4 Å². The number of amides is 1. The quantitative estimate of drug-likeness (QED) is 0.408. The number of nitrogens with zero attached hydrogens (tertiary/aromatic N) is 2. The molecular formula is C25H25N3O4S. The van der Waals surface area contributed by atoms with E-state index in [9.17, 15) is 9.59 Å². The Morgan fingerprint density at radius 2 is 1.94 bits per heavy atom. The number of anilines is 1. The van der Waals surface area contributed by atoms with Crippen LogP contribution < -0.4 is 20.3 Å². The van der Waals surface area contributed by atoms with Crippen molar-refractivity contribution in [2.75, 3.05) is 5.32 Å². The van der Waals surface area contributed by atoms with Gasteiger partial charge in [0.1, 0.15) is 18.1 Å². The Balaban J connectivity index is 1.50. The molecule has 0 bridgehead atoms. The van der Waals surface area contributed by atoms with Crippen molar-refractivity contribution < 1.29 is 14.3 Å². The Labute approximate surface area is 195 Å². The minimum Gasteiger partial charge on any atom is -0.485 e. The summed E-state index contributed by atoms with van der Waals surface area (Å²) in [7, 11) is 0. The highest BCUT2D eigenvalue weighted by Crippen LogP contribution is 2.27. The van der Waals surface area contributed by atoms with E-state index < -0.39 is 6.10 Å². The zero-order valence-electron chi connectivity index (χ0n) is 18.7. The van der Waals surface area contributed by atoms with Crippen LogP contribution in [0.2, 0.25) is 0 Å². The highest BCUT2D eigenvalue weighted by atomic mass is 32.1. The van der Waals surface area contributed by atoms with E-state index in [0.717, 1.165) is 11.3 Å². The second-order valence-corrected chi connectivity index (χ2v) is 8.52. The Morgan fingerprint density at radius 3 is 2.70 bits per heavy atom. The van der Waals surface area contributed by atoms with Gasteiger partial charge < -0.3 is 14.8 Å². The first-order chi connectivity index (χ1) is 15.9. The topological polar surface area (TPSA) is 81.9 Å². The average molecular weight is 464 g/mol. The summed E-state index contributed by atoms with van der Waals surface area (Å²) < 4.78 is 13.4. The maximum atomic E-state index is 12.9. The minimum atomic E-state index is -0.646. The van der Waals surface area contributed by atoms with Gasteiger partial charge in [0.25, 0.3) is 11.5 Å². The molecule has 4 aromatic rings. The third-order valence-electron chi connectivity index (χ3n) is 5.08. The number of nitrogens with one attached hydrogen (secondary N) is 1. The highest BCUT2D eigenvalue weighted by Gasteiger charge is 2.20. The van der Waals surface area contributed by atoms with Gasteiger partial charge in [0.15, 0.2) is 11.1 Å². The number of aromatic nitrogens is 2. The number of carbonyl (C=O) groups is 1. The normalized spacial score (nSPS) is 11.8. The molecule has 33 heavy (non-hydrogen) atoms. The summed E-state index contributed by atoms with van der Waals surface area (Å²) >= 11 is 1.41. The molecule has 1 atom stereocenters. The summed E-state index contributed by atoms with van der Waals surface area (Å²) in [5.41, 5.74) is 2.75. The van der Waals surface area contributed by atoms with E-state index in [-0.39, 0.29) is 18.1 Å². The first-order valence-electron chi connectivity index (χ1n) is 10.7. The molecule has 2 heterocycles. The van der Waals surface area contributed by atoms with E-state index in [2.05, 4.69) is 10.3 Å². The van der Waals surface area contributed by atoms with Crippen LogP contribution in [0.4, 0.5) is 5.69 Å². The average Bonchev–Trinajstić information content (AvgIpc) is 3.18. The van der Waals surface area contributed by atoms with Crippen LogP contribution in [0.15, 0.2) is 64.8 Å². The molecule has 4 rings (SSSR count). The summed E-state index contributed by atoms with van der Waals surface area (Å²) in [4.78, 5) is 30.5. The van der Waals surface area contributed by atoms with Crippen LogP contribution in [0.25, 0.3) is 4.96 Å². The number of ether oxygens (including phenoxy) is 2. The molecule has 0 aliphatic rings. The summed E-state index contributed by atoms with van der Waals surface area (Å²) in [5, 5.41) is 4.82. The van der Waals surface area contributed by atoms with Crippen LogP contribution in [0.3, 0.4) is 0 Å². The number of thiazole rings is 1. The number of aryl methyl sites for hydroxylation is 2. The van der Waals surface area contributed by atoms with Gasteiger partial charge in [-0.2, -0.15) is 0 Å². The fourth-order valence-electron chi connectivity index (χ4n) is 3.39. The van der Waals surface area contributed by atoms with Crippen molar-refractivity contribution in [3.8, 4) is 11.5 Å². The van der Waals surface area contributed by atoms with E-state index in [1.807, 2.05) is 68.6 Å². The smallest absolute Gasteiger partial charge is 0.265 e. The molecule has 0 spiro atoms. The van der Waals surface area contributed by atoms with Crippen molar-refractivity contribution in [1.29, 1.82) is 0 Å². The lowest BCUT2D eigenvalue weighted by atomic mass is 10.2. The Bertz CT molecular complexity index is 1330. The van der Waals surface area contributed by atoms with Crippen molar-refractivity contribution in [3.63, 3.8) is 0 Å². The SMILES string of the molecule is CC[C@@H](Oc1ccccc1)C(=O)Nc1cc(C)ccc1OCc1cc(=O)n2c(C)csc2n1. The van der Waals surface area contributed by atoms with E-state index >= 15 is 0 Å². The summed E-state index contributed by atoms with van der Waals surface area (Å²) in [6.45, 7) is 5.81. The summed E-state index contributed by atoms with van der Waals surface area (Å²) in [5.74, 6) is 0.869. The predicted molar refractivity (Wildman–Crippen MR) is 129 cm³/mol. The van der Waals surface area contributed by atoms with Gasteiger partial charge in [0.2, 0.25) is 0 Å². The zero-order valence-corrected chi connectivity index (χ0v) is 19.5. The first kappa shape index (κ1) is 22.5. The van der Waals surface area contributed by atoms with Gasteiger partial charge in [-0.15, -0.1) is 11.3 Å². The molecule has 1 amide bonds. The van der Waals surface area contributed by atoms with E-state index in [1.54, 1.807) is 10.5 Å². The van der Waals surface area contributed by atoms with Gasteiger partial charge in [0, 0.05) is 17.1 Å². The van der Waals surface area contributed by atoms with Crippen molar-refractivity contribution in [2.24, 2.45) is 0 Å². The second kappa shape index (κ2) is 9.87. The molecule has 0 aliphatic carbocycles. The van der Waals surface area contributed by atoms with Crippen LogP contribution in [0.5, 0.6) is 11.5 Å². The fraction of sp³-hybridized carbons (Fsp3) is 0.240. The van der Waals surface area contributed by atoms with E-state index in [1.165, 1.54) is 17.4 Å². The summed E-state index contributed by atoms with van der Waals surface area (Å²) in [6.07, 6.45) is -0.136. The lowest BCUT2D eigenvalue weighted by molar-refractivity contribution is -0.122. The van der Waals surface area contributed by atoms with Crippen molar-refractivity contribution in [3.05, 3.63) is 87.3 Å². The fourth-order valence-corrected chi connectivity index (χ4v) is 4.28. The third-order valence-corrected chi connectivity index (χ3v) is 6.03. The standard InChI is InChI=1S/C25H25N3O4S/c1-4-21(32-19-8-6-5-7-9-19)24(30)27-20-12-16(2)10-11-22(20)31-14-18-13-23(29)28-17(3)15-33-25(28)26-18/h5-13,15,21H,4,14H2,1-3H3,(H,27,30)/t21-/m1/s1. The molecule has 2 aromatic heterocycles. The largest absolute Gasteiger partial charge is 0.485 e. The van der Waals surface area contributed by atoms with Gasteiger partial charge in [-0.05, 0) is 50.1 Å². The molecule has 0 saturated heterocycles. The first-order valence-corrected chi connectivity index (χ1v) is 11.6. The molecule has 170 valence electrons. The number of fused-ring (bicyclic) bond motifs is 1. The van der Waals surface area contributed by atoms with E-state index in [4.69, 9.17) is 9.47 Å². The third kappa shape index (κ3) is 5.23. The van der Waals surface area contributed by atoms with Crippen molar-refractivity contribution >= 4 is 27.9 Å². The molecule has 2 aromatic carbocycles. The number of rotatable bonds is 8. The lowest BCUT2D eigenvalue weighted by Crippen LogP contribution is -2.32. The summed E-state index contributed by atoms with van der Waals surface area (Å²) in [6, 6.07) is 16.3. The van der Waals surface area contributed by atoms with Gasteiger partial charge >= 0.3 is 0 Å². The van der Waals surface area contributed by atoms with Crippen LogP contribution in [-0.4, -0.2) is 21.4 Å². The van der Waals surface area contributed by atoms with Crippen molar-refractivity contribution in [2.45, 2.75) is 39.9 Å². The Kier molecular flexibility index (Phi) is 6.74. The monoisotopic (exact) mass is 463 g/mol. The van der Waals surface area contributed by atoms with Crippen LogP contribution in [0.1, 0.15) is 30.3 Å². The highest BCUT2D eigenvalue weighted by molar-refractivity contribution is 7.15. The molecule has 0 saturated carbocycles. The maximum Gasteiger partial charge on any atom is 0.265 e. The Morgan fingerprint density at radius 1 is 1.15 bits per heavy atom. The number of benzene rings is 2. The molecule has 0 unspecified atom stereocenters. The van der Waals surface area contributed by atoms with Gasteiger partial charge in [-0.25, -0.2) is 4.98 Å². The molecule has 0 radical (unpaired) electrons. The molecule has 8 heteroatoms. The predicted octanol–water partition coefficient (Wildman–Crippen LogP) is 4.75. The molecule has 7 nitrogen and oxygen atoms in total. The molecule has 0 fully saturated rings. The zero-order chi connectivity index (χ0) is 23.4. The maximum absolute atomic E-state index is 12.9. The molecule has 0 aliphatic heterocycles. The van der Waals surface area contributed by atoms with E-state index in [0.29, 0.717) is 34.3 Å². The van der Waals surface area contributed by atoms with Gasteiger partial charge in [-0.1, -0.05) is 31.2 Å². The van der Waals surface area contributed by atoms with Gasteiger partial charge in [-0.3, -0.25) is 14.0 Å². The van der Waals surface area contributed by atoms with Crippen LogP contribution >= 0.6 is 11.3 Å². The second-order valence-electron chi connectivity index (χ2n) is 7.69. The Hall–Kier alpha value is -3.65. The van der Waals surface area contributed by atoms with Crippen molar-refractivity contribution in [1.82, 2.24) is 9.38 Å². The number of para-hydroxylation sites is 1. The van der Waals surface area contributed by atoms with Gasteiger partial charge in [0.05, 0.1) is 11.4 Å². The number of hydrogen-bond acceptors (Lipinski definition) is 6. The lowest BCUT2D eigenvalue weighted by Gasteiger charge is -2.19. The number of hydrogen-bond donors (Lipinski definition) is 1. The van der Waals surface area contributed by atoms with Crippen LogP contribution in [0, 0.1) is 13.8 Å². The molecular weight excluding hydrogens is 438 g/mol. The molecule has 1 N–H and O–H groups in total.